The van der Waals surface area contributed by atoms with E-state index in [-0.39, 0.29) is 0 Å². The Balaban J connectivity index is 2.42. The van der Waals surface area contributed by atoms with Gasteiger partial charge < -0.3 is 5.73 Å². The van der Waals surface area contributed by atoms with Gasteiger partial charge in [-0.3, -0.25) is 0 Å². The third kappa shape index (κ3) is 2.19. The molecule has 0 saturated heterocycles. The molecule has 0 fully saturated rings. The van der Waals surface area contributed by atoms with Crippen molar-refractivity contribution in [2.75, 3.05) is 11.5 Å². The van der Waals surface area contributed by atoms with Crippen LogP contribution in [0.25, 0.3) is 0 Å². The fourth-order valence-corrected chi connectivity index (χ4v) is 1.77. The van der Waals surface area contributed by atoms with Crippen molar-refractivity contribution in [3.8, 4) is 0 Å². The highest BCUT2D eigenvalue weighted by molar-refractivity contribution is 7.98. The summed E-state index contributed by atoms with van der Waals surface area (Å²) in [6.45, 7) is 2.14. The second-order valence-electron chi connectivity index (χ2n) is 1.86. The van der Waals surface area contributed by atoms with Crippen LogP contribution in [-0.2, 0) is 5.75 Å². The zero-order chi connectivity index (χ0) is 7.40. The first-order chi connectivity index (χ1) is 4.83. The third-order valence-corrected chi connectivity index (χ3v) is 2.59. The molecule has 0 spiro atoms. The van der Waals surface area contributed by atoms with Gasteiger partial charge in [0, 0.05) is 5.75 Å². The average Bonchev–Trinajstić information content (AvgIpc) is 2.31. The Labute approximate surface area is 69.0 Å². The second-order valence-corrected chi connectivity index (χ2v) is 3.97. The van der Waals surface area contributed by atoms with Crippen molar-refractivity contribution in [2.24, 2.45) is 0 Å². The summed E-state index contributed by atoms with van der Waals surface area (Å²) in [5.41, 5.74) is 6.60. The van der Waals surface area contributed by atoms with Crippen LogP contribution in [0.4, 0.5) is 5.00 Å². The summed E-state index contributed by atoms with van der Waals surface area (Å²) in [6, 6.07) is 1.94. The summed E-state index contributed by atoms with van der Waals surface area (Å²) in [5.74, 6) is 2.13. The van der Waals surface area contributed by atoms with Gasteiger partial charge in [-0.1, -0.05) is 6.92 Å². The van der Waals surface area contributed by atoms with Crippen molar-refractivity contribution in [1.29, 1.82) is 0 Å². The molecule has 0 bridgehead atoms. The van der Waals surface area contributed by atoms with Gasteiger partial charge in [-0.15, -0.1) is 0 Å². The summed E-state index contributed by atoms with van der Waals surface area (Å²) in [7, 11) is 0. The maximum absolute atomic E-state index is 5.50. The van der Waals surface area contributed by atoms with Crippen LogP contribution in [0.3, 0.4) is 0 Å². The monoisotopic (exact) mass is 174 g/mol. The average molecular weight is 174 g/mol. The second kappa shape index (κ2) is 3.83. The molecule has 2 N–H and O–H groups in total. The number of hydrogen-bond acceptors (Lipinski definition) is 4. The highest BCUT2D eigenvalue weighted by atomic mass is 32.2. The molecule has 0 unspecified atom stereocenters. The number of nitrogens with two attached hydrogens (primary N) is 1. The lowest BCUT2D eigenvalue weighted by molar-refractivity contribution is 1.29. The molecule has 4 heteroatoms. The highest BCUT2D eigenvalue weighted by Gasteiger charge is 1.96. The number of aromatic nitrogens is 1. The fraction of sp³-hybridized carbons (Fsp3) is 0.500. The van der Waals surface area contributed by atoms with E-state index in [1.165, 1.54) is 11.5 Å². The first-order valence-corrected chi connectivity index (χ1v) is 5.04. The summed E-state index contributed by atoms with van der Waals surface area (Å²) < 4.78 is 4.15. The van der Waals surface area contributed by atoms with E-state index >= 15 is 0 Å². The first-order valence-electron chi connectivity index (χ1n) is 3.11. The lowest BCUT2D eigenvalue weighted by Crippen LogP contribution is -1.79. The summed E-state index contributed by atoms with van der Waals surface area (Å²) >= 11 is 3.23. The lowest BCUT2D eigenvalue weighted by Gasteiger charge is -1.89. The van der Waals surface area contributed by atoms with E-state index in [9.17, 15) is 0 Å². The number of nitrogens with zero attached hydrogens (tertiary/aromatic N) is 1. The molecular formula is C6H10N2S2. The number of rotatable bonds is 3. The fourth-order valence-electron chi connectivity index (χ4n) is 0.603. The summed E-state index contributed by atoms with van der Waals surface area (Å²) in [4.78, 5) is 0. The van der Waals surface area contributed by atoms with Gasteiger partial charge in [-0.05, 0) is 23.4 Å². The maximum Gasteiger partial charge on any atom is 0.107 e. The van der Waals surface area contributed by atoms with Crippen LogP contribution in [0.1, 0.15) is 12.6 Å². The molecule has 0 aliphatic rings. The quantitative estimate of drug-likeness (QED) is 0.761. The van der Waals surface area contributed by atoms with Crippen molar-refractivity contribution in [2.45, 2.75) is 12.7 Å². The smallest absolute Gasteiger partial charge is 0.107 e. The predicted molar refractivity (Wildman–Crippen MR) is 48.4 cm³/mol. The third-order valence-electron chi connectivity index (χ3n) is 1.03. The van der Waals surface area contributed by atoms with Crippen molar-refractivity contribution in [3.05, 3.63) is 11.8 Å². The van der Waals surface area contributed by atoms with Crippen molar-refractivity contribution < 1.29 is 0 Å². The molecule has 0 amide bonds. The van der Waals surface area contributed by atoms with E-state index in [1.54, 1.807) is 0 Å². The molecule has 1 aromatic rings. The van der Waals surface area contributed by atoms with Crippen LogP contribution >= 0.6 is 23.3 Å². The van der Waals surface area contributed by atoms with Gasteiger partial charge in [0.15, 0.2) is 0 Å². The SMILES string of the molecule is CCSCc1cc(N)sn1. The molecule has 0 radical (unpaired) electrons. The topological polar surface area (TPSA) is 38.9 Å². The predicted octanol–water partition coefficient (Wildman–Crippen LogP) is 1.98. The Morgan fingerprint density at radius 1 is 1.80 bits per heavy atom. The maximum atomic E-state index is 5.50. The molecule has 56 valence electrons. The lowest BCUT2D eigenvalue weighted by atomic mass is 10.5. The number of nitrogen functional groups attached to an aromatic ring is 1. The standard InChI is InChI=1S/C6H10N2S2/c1-2-9-4-5-3-6(7)10-8-5/h3H,2,4,7H2,1H3. The van der Waals surface area contributed by atoms with E-state index in [2.05, 4.69) is 11.3 Å². The minimum absolute atomic E-state index is 0.812. The van der Waals surface area contributed by atoms with Crippen LogP contribution in [0.5, 0.6) is 0 Å². The Morgan fingerprint density at radius 3 is 3.10 bits per heavy atom. The van der Waals surface area contributed by atoms with Gasteiger partial charge in [-0.25, -0.2) is 0 Å². The van der Waals surface area contributed by atoms with Gasteiger partial charge >= 0.3 is 0 Å². The molecule has 10 heavy (non-hydrogen) atoms. The molecule has 2 nitrogen and oxygen atoms in total. The Bertz CT molecular complexity index is 197. The van der Waals surface area contributed by atoms with Crippen LogP contribution < -0.4 is 5.73 Å². The normalized spacial score (nSPS) is 10.1. The zero-order valence-corrected chi connectivity index (χ0v) is 7.47. The van der Waals surface area contributed by atoms with Crippen molar-refractivity contribution in [3.63, 3.8) is 0 Å². The number of anilines is 1. The van der Waals surface area contributed by atoms with E-state index in [0.29, 0.717) is 0 Å². The summed E-state index contributed by atoms with van der Waals surface area (Å²) in [5, 5.41) is 0.812. The number of hydrogen-bond donors (Lipinski definition) is 1. The molecule has 0 saturated carbocycles. The van der Waals surface area contributed by atoms with E-state index < -0.39 is 0 Å². The van der Waals surface area contributed by atoms with Gasteiger partial charge in [-0.2, -0.15) is 16.1 Å². The molecule has 0 aliphatic heterocycles. The molecular weight excluding hydrogens is 164 g/mol. The molecule has 1 aromatic heterocycles. The Morgan fingerprint density at radius 2 is 2.60 bits per heavy atom. The van der Waals surface area contributed by atoms with Crippen molar-refractivity contribution in [1.82, 2.24) is 4.37 Å². The molecule has 0 aliphatic carbocycles. The molecule has 1 heterocycles. The van der Waals surface area contributed by atoms with Gasteiger partial charge in [0.05, 0.1) is 5.69 Å². The minimum atomic E-state index is 0.812. The minimum Gasteiger partial charge on any atom is -0.389 e. The largest absolute Gasteiger partial charge is 0.389 e. The zero-order valence-electron chi connectivity index (χ0n) is 5.83. The highest BCUT2D eigenvalue weighted by Crippen LogP contribution is 2.16. The van der Waals surface area contributed by atoms with E-state index in [1.807, 2.05) is 17.8 Å². The van der Waals surface area contributed by atoms with Crippen LogP contribution in [0.15, 0.2) is 6.07 Å². The Kier molecular flexibility index (Phi) is 3.02. The van der Waals surface area contributed by atoms with Gasteiger partial charge in [0.25, 0.3) is 0 Å². The molecule has 0 atom stereocenters. The van der Waals surface area contributed by atoms with E-state index in [4.69, 9.17) is 5.73 Å². The van der Waals surface area contributed by atoms with Crippen molar-refractivity contribution >= 4 is 28.3 Å². The summed E-state index contributed by atoms with van der Waals surface area (Å²) in [6.07, 6.45) is 0. The number of thioether (sulfide) groups is 1. The van der Waals surface area contributed by atoms with E-state index in [0.717, 1.165) is 22.2 Å². The molecule has 0 aromatic carbocycles. The van der Waals surface area contributed by atoms with Crippen LogP contribution in [-0.4, -0.2) is 10.1 Å². The first kappa shape index (κ1) is 7.88. The van der Waals surface area contributed by atoms with Gasteiger partial charge in [0.2, 0.25) is 0 Å². The molecule has 1 rings (SSSR count). The van der Waals surface area contributed by atoms with Crippen LogP contribution in [0.2, 0.25) is 0 Å². The Hall–Kier alpha value is -0.220. The van der Waals surface area contributed by atoms with Gasteiger partial charge in [0.1, 0.15) is 5.00 Å². The van der Waals surface area contributed by atoms with Crippen LogP contribution in [0, 0.1) is 0 Å².